The first-order valence-electron chi connectivity index (χ1n) is 10.1. The number of rotatable bonds is 12. The van der Waals surface area contributed by atoms with Crippen molar-refractivity contribution in [3.8, 4) is 11.5 Å². The molecule has 0 heterocycles. The van der Waals surface area contributed by atoms with Crippen LogP contribution in [-0.4, -0.2) is 37.3 Å². The van der Waals surface area contributed by atoms with Gasteiger partial charge in [0.05, 0.1) is 18.1 Å². The summed E-state index contributed by atoms with van der Waals surface area (Å²) in [6.45, 7) is 2.91. The highest BCUT2D eigenvalue weighted by molar-refractivity contribution is 5.35. The minimum Gasteiger partial charge on any atom is -0.491 e. The third kappa shape index (κ3) is 7.36. The second-order valence-electron chi connectivity index (χ2n) is 7.08. The zero-order valence-electron chi connectivity index (χ0n) is 16.5. The lowest BCUT2D eigenvalue weighted by Gasteiger charge is -2.12. The predicted octanol–water partition coefficient (Wildman–Crippen LogP) is 4.10. The van der Waals surface area contributed by atoms with Crippen molar-refractivity contribution in [1.29, 1.82) is 0 Å². The van der Waals surface area contributed by atoms with Gasteiger partial charge in [-0.1, -0.05) is 25.0 Å². The molecule has 7 nitrogen and oxygen atoms in total. The summed E-state index contributed by atoms with van der Waals surface area (Å²) in [5, 5.41) is 14.3. The highest BCUT2D eigenvalue weighted by Gasteiger charge is 2.13. The third-order valence-electron chi connectivity index (χ3n) is 4.88. The molecule has 1 N–H and O–H groups in total. The fraction of sp³-hybridized carbons (Fsp3) is 0.455. The van der Waals surface area contributed by atoms with Gasteiger partial charge in [-0.3, -0.25) is 10.1 Å². The molecule has 2 aromatic rings. The van der Waals surface area contributed by atoms with E-state index in [0.717, 1.165) is 17.9 Å². The molecule has 0 unspecified atom stereocenters. The van der Waals surface area contributed by atoms with E-state index < -0.39 is 4.92 Å². The van der Waals surface area contributed by atoms with Gasteiger partial charge in [0.2, 0.25) is 0 Å². The first-order chi connectivity index (χ1) is 14.2. The van der Waals surface area contributed by atoms with Gasteiger partial charge in [0.25, 0.3) is 5.69 Å². The molecule has 1 saturated carbocycles. The average Bonchev–Trinajstić information content (AvgIpc) is 3.26. The number of nitrogens with zero attached hydrogens (tertiary/aromatic N) is 1. The fourth-order valence-corrected chi connectivity index (χ4v) is 3.34. The lowest BCUT2D eigenvalue weighted by molar-refractivity contribution is -0.384. The van der Waals surface area contributed by atoms with Gasteiger partial charge in [-0.25, -0.2) is 0 Å². The van der Waals surface area contributed by atoms with E-state index in [2.05, 4.69) is 5.32 Å². The Hall–Kier alpha value is -2.64. The fourth-order valence-electron chi connectivity index (χ4n) is 3.34. The molecule has 1 aliphatic carbocycles. The van der Waals surface area contributed by atoms with Crippen LogP contribution < -0.4 is 14.8 Å². The molecule has 1 aliphatic rings. The number of hydrogen-bond donors (Lipinski definition) is 1. The molecule has 2 aromatic carbocycles. The van der Waals surface area contributed by atoms with E-state index in [1.165, 1.54) is 37.8 Å². The van der Waals surface area contributed by atoms with Gasteiger partial charge >= 0.3 is 0 Å². The van der Waals surface area contributed by atoms with Crippen LogP contribution in [0.1, 0.15) is 31.2 Å². The van der Waals surface area contributed by atoms with Crippen LogP contribution in [0.15, 0.2) is 48.5 Å². The van der Waals surface area contributed by atoms with Gasteiger partial charge in [0.1, 0.15) is 24.7 Å². The molecule has 0 bridgehead atoms. The Balaban J connectivity index is 1.29. The normalized spacial score (nSPS) is 14.1. The zero-order chi connectivity index (χ0) is 20.3. The maximum Gasteiger partial charge on any atom is 0.269 e. The van der Waals surface area contributed by atoms with Crippen molar-refractivity contribution in [3.63, 3.8) is 0 Å². The number of nitrogens with one attached hydrogen (secondary N) is 1. The molecule has 7 heteroatoms. The topological polar surface area (TPSA) is 82.9 Å². The van der Waals surface area contributed by atoms with E-state index in [9.17, 15) is 10.1 Å². The average molecular weight is 400 g/mol. The highest BCUT2D eigenvalue weighted by atomic mass is 16.6. The molecule has 1 fully saturated rings. The van der Waals surface area contributed by atoms with E-state index in [1.54, 1.807) is 12.1 Å². The maximum absolute atomic E-state index is 10.8. The molecule has 0 radical (unpaired) electrons. The van der Waals surface area contributed by atoms with E-state index in [4.69, 9.17) is 14.2 Å². The van der Waals surface area contributed by atoms with Crippen molar-refractivity contribution in [2.45, 2.75) is 38.3 Å². The largest absolute Gasteiger partial charge is 0.491 e. The van der Waals surface area contributed by atoms with Crippen molar-refractivity contribution in [2.24, 2.45) is 0 Å². The lowest BCUT2D eigenvalue weighted by atomic mass is 10.2. The first kappa shape index (κ1) is 21.1. The summed E-state index contributed by atoms with van der Waals surface area (Å²) in [5.74, 6) is 1.43. The van der Waals surface area contributed by atoms with Crippen molar-refractivity contribution in [3.05, 3.63) is 64.2 Å². The summed E-state index contributed by atoms with van der Waals surface area (Å²) >= 11 is 0. The number of non-ortho nitro benzene ring substituents is 1. The Morgan fingerprint density at radius 1 is 0.966 bits per heavy atom. The number of nitro groups is 1. The number of ether oxygens (including phenoxy) is 3. The van der Waals surface area contributed by atoms with Crippen LogP contribution in [0, 0.1) is 10.1 Å². The van der Waals surface area contributed by atoms with Crippen LogP contribution in [0.2, 0.25) is 0 Å². The van der Waals surface area contributed by atoms with Crippen LogP contribution >= 0.6 is 0 Å². The van der Waals surface area contributed by atoms with Gasteiger partial charge in [-0.15, -0.1) is 0 Å². The van der Waals surface area contributed by atoms with Crippen molar-refractivity contribution in [2.75, 3.05) is 26.4 Å². The van der Waals surface area contributed by atoms with Crippen LogP contribution in [0.3, 0.4) is 0 Å². The summed E-state index contributed by atoms with van der Waals surface area (Å²) < 4.78 is 16.9. The molecule has 0 aromatic heterocycles. The summed E-state index contributed by atoms with van der Waals surface area (Å²) in [7, 11) is 0. The smallest absolute Gasteiger partial charge is 0.269 e. The molecule has 0 saturated heterocycles. The summed E-state index contributed by atoms with van der Waals surface area (Å²) in [6.07, 6.45) is 5.25. The monoisotopic (exact) mass is 400 g/mol. The van der Waals surface area contributed by atoms with Gasteiger partial charge in [-0.2, -0.15) is 0 Å². The Kier molecular flexibility index (Phi) is 8.27. The van der Waals surface area contributed by atoms with Crippen LogP contribution in [0.25, 0.3) is 0 Å². The molecule has 0 amide bonds. The molecule has 0 atom stereocenters. The molecule has 0 aliphatic heterocycles. The van der Waals surface area contributed by atoms with Gasteiger partial charge < -0.3 is 19.5 Å². The molecule has 0 spiro atoms. The second-order valence-corrected chi connectivity index (χ2v) is 7.08. The van der Waals surface area contributed by atoms with Crippen molar-refractivity contribution < 1.29 is 19.1 Å². The molecular weight excluding hydrogens is 372 g/mol. The Morgan fingerprint density at radius 3 is 2.41 bits per heavy atom. The third-order valence-corrected chi connectivity index (χ3v) is 4.88. The molecule has 156 valence electrons. The minimum absolute atomic E-state index is 0.0615. The lowest BCUT2D eigenvalue weighted by Crippen LogP contribution is -2.29. The second kappa shape index (κ2) is 11.4. The van der Waals surface area contributed by atoms with Crippen LogP contribution in [-0.2, 0) is 11.3 Å². The number of nitro benzene ring substituents is 1. The highest BCUT2D eigenvalue weighted by Crippen LogP contribution is 2.20. The predicted molar refractivity (Wildman–Crippen MR) is 110 cm³/mol. The van der Waals surface area contributed by atoms with Crippen molar-refractivity contribution in [1.82, 2.24) is 5.32 Å². The van der Waals surface area contributed by atoms with Crippen LogP contribution in [0.4, 0.5) is 5.69 Å². The summed E-state index contributed by atoms with van der Waals surface area (Å²) in [5.41, 5.74) is 0.811. The quantitative estimate of drug-likeness (QED) is 0.328. The summed E-state index contributed by atoms with van der Waals surface area (Å²) in [6, 6.07) is 14.4. The van der Waals surface area contributed by atoms with Gasteiger partial charge in [0.15, 0.2) is 0 Å². The van der Waals surface area contributed by atoms with Gasteiger partial charge in [-0.05, 0) is 42.7 Å². The summed E-state index contributed by atoms with van der Waals surface area (Å²) in [4.78, 5) is 10.4. The standard InChI is InChI=1S/C22H28N2O5/c25-24(26)20-7-3-4-18(16-20)17-29-22-10-8-21(9-11-22)28-15-14-27-13-12-23-19-5-1-2-6-19/h3-4,7-11,16,19,23H,1-2,5-6,12-15,17H2. The zero-order valence-corrected chi connectivity index (χ0v) is 16.5. The van der Waals surface area contributed by atoms with Crippen molar-refractivity contribution >= 4 is 5.69 Å². The number of hydrogen-bond acceptors (Lipinski definition) is 6. The Bertz CT molecular complexity index is 760. The van der Waals surface area contributed by atoms with E-state index >= 15 is 0 Å². The molecule has 29 heavy (non-hydrogen) atoms. The molecule has 3 rings (SSSR count). The minimum atomic E-state index is -0.411. The number of benzene rings is 2. The van der Waals surface area contributed by atoms with E-state index in [0.29, 0.717) is 31.6 Å². The Morgan fingerprint density at radius 2 is 1.69 bits per heavy atom. The van der Waals surface area contributed by atoms with Crippen LogP contribution in [0.5, 0.6) is 11.5 Å². The maximum atomic E-state index is 10.8. The van der Waals surface area contributed by atoms with E-state index in [-0.39, 0.29) is 12.3 Å². The Labute approximate surface area is 171 Å². The molecular formula is C22H28N2O5. The first-order valence-corrected chi connectivity index (χ1v) is 10.1. The SMILES string of the molecule is O=[N+]([O-])c1cccc(COc2ccc(OCCOCCNC3CCCC3)cc2)c1. The van der Waals surface area contributed by atoms with Gasteiger partial charge in [0, 0.05) is 24.7 Å². The van der Waals surface area contributed by atoms with E-state index in [1.807, 2.05) is 24.3 Å².